The highest BCUT2D eigenvalue weighted by Crippen LogP contribution is 2.12. The number of carboxylic acid groups (broad SMARTS) is 1. The van der Waals surface area contributed by atoms with Gasteiger partial charge in [-0.05, 0) is 12.0 Å². The number of aliphatic hydroxyl groups is 1. The standard InChI is InChI=1S/C9H14N4O3.C6H9N3O3/c1-10-4-8(14)13-7(9(15)16)2-6-3-11-5-12-6;1-5-7-4-6(9(11)12)8(5)2-3-10/h3,5,7,10H,2,4H2,1H3,(H,11,12)(H,13,14)(H,15,16);4,10H,2-3H2,1H3. The van der Waals surface area contributed by atoms with Gasteiger partial charge < -0.3 is 35.9 Å². The molecule has 13 nitrogen and oxygen atoms in total. The lowest BCUT2D eigenvalue weighted by atomic mass is 10.1. The van der Waals surface area contributed by atoms with E-state index in [0.717, 1.165) is 0 Å². The smallest absolute Gasteiger partial charge is 0.342 e. The number of aromatic amines is 1. The zero-order valence-electron chi connectivity index (χ0n) is 15.5. The third-order valence-corrected chi connectivity index (χ3v) is 3.49. The fourth-order valence-electron chi connectivity index (χ4n) is 2.20. The second-order valence-electron chi connectivity index (χ2n) is 5.57. The SMILES string of the molecule is CNCC(=O)NC(Cc1cnc[nH]1)C(=O)O.Cc1ncc([N+](=O)[O-])n1CCO. The number of rotatable bonds is 9. The van der Waals surface area contributed by atoms with Crippen LogP contribution in [0.2, 0.25) is 0 Å². The molecule has 0 aliphatic heterocycles. The first kappa shape index (κ1) is 22.7. The van der Waals surface area contributed by atoms with Crippen molar-refractivity contribution < 1.29 is 24.7 Å². The summed E-state index contributed by atoms with van der Waals surface area (Å²) in [5, 5.41) is 32.9. The number of carbonyl (C=O) groups excluding carboxylic acids is 1. The number of aliphatic hydroxyl groups excluding tert-OH is 1. The Morgan fingerprint density at radius 1 is 1.43 bits per heavy atom. The number of carbonyl (C=O) groups is 2. The van der Waals surface area contributed by atoms with E-state index >= 15 is 0 Å². The topological polar surface area (TPSA) is 188 Å². The molecular formula is C15H23N7O6. The minimum atomic E-state index is -1.07. The molecule has 13 heteroatoms. The third kappa shape index (κ3) is 7.13. The Kier molecular flexibility index (Phi) is 9.25. The molecule has 2 rings (SSSR count). The molecule has 0 fully saturated rings. The summed E-state index contributed by atoms with van der Waals surface area (Å²) < 4.78 is 1.36. The second-order valence-corrected chi connectivity index (χ2v) is 5.57. The molecule has 1 amide bonds. The number of hydrogen-bond acceptors (Lipinski definition) is 8. The van der Waals surface area contributed by atoms with Crippen LogP contribution in [0.15, 0.2) is 18.7 Å². The van der Waals surface area contributed by atoms with E-state index in [2.05, 4.69) is 25.6 Å². The van der Waals surface area contributed by atoms with E-state index in [-0.39, 0.29) is 37.8 Å². The quantitative estimate of drug-likeness (QED) is 0.256. The summed E-state index contributed by atoms with van der Waals surface area (Å²) in [7, 11) is 1.62. The van der Waals surface area contributed by atoms with E-state index in [4.69, 9.17) is 10.2 Å². The van der Waals surface area contributed by atoms with Crippen LogP contribution in [0, 0.1) is 17.0 Å². The zero-order chi connectivity index (χ0) is 21.1. The van der Waals surface area contributed by atoms with E-state index < -0.39 is 16.9 Å². The average molecular weight is 397 g/mol. The van der Waals surface area contributed by atoms with Crippen LogP contribution in [0.3, 0.4) is 0 Å². The molecule has 28 heavy (non-hydrogen) atoms. The van der Waals surface area contributed by atoms with Crippen LogP contribution in [-0.2, 0) is 22.6 Å². The number of nitro groups is 1. The Morgan fingerprint density at radius 2 is 2.14 bits per heavy atom. The number of hydrogen-bond donors (Lipinski definition) is 5. The zero-order valence-corrected chi connectivity index (χ0v) is 15.5. The Labute approximate surface area is 160 Å². The lowest BCUT2D eigenvalue weighted by molar-refractivity contribution is -0.392. The maximum atomic E-state index is 11.2. The molecule has 2 aromatic rings. The maximum Gasteiger partial charge on any atom is 0.342 e. The molecule has 154 valence electrons. The van der Waals surface area contributed by atoms with Gasteiger partial charge in [0.15, 0.2) is 5.82 Å². The number of nitrogens with zero attached hydrogens (tertiary/aromatic N) is 4. The van der Waals surface area contributed by atoms with Crippen molar-refractivity contribution in [2.24, 2.45) is 0 Å². The van der Waals surface area contributed by atoms with Gasteiger partial charge in [-0.3, -0.25) is 4.79 Å². The summed E-state index contributed by atoms with van der Waals surface area (Å²) >= 11 is 0. The summed E-state index contributed by atoms with van der Waals surface area (Å²) in [6, 6.07) is -0.943. The highest BCUT2D eigenvalue weighted by Gasteiger charge is 2.20. The molecule has 0 aliphatic carbocycles. The number of aliphatic carboxylic acids is 1. The molecule has 1 atom stereocenters. The Hall–Kier alpha value is -3.32. The normalized spacial score (nSPS) is 11.2. The van der Waals surface area contributed by atoms with Gasteiger partial charge in [-0.2, -0.15) is 0 Å². The number of imidazole rings is 2. The third-order valence-electron chi connectivity index (χ3n) is 3.49. The average Bonchev–Trinajstić information content (AvgIpc) is 3.26. The second kappa shape index (κ2) is 11.4. The van der Waals surface area contributed by atoms with Gasteiger partial charge in [-0.25, -0.2) is 19.3 Å². The van der Waals surface area contributed by atoms with Gasteiger partial charge in [0.1, 0.15) is 18.8 Å². The van der Waals surface area contributed by atoms with Gasteiger partial charge in [0.25, 0.3) is 0 Å². The molecule has 1 unspecified atom stereocenters. The minimum Gasteiger partial charge on any atom is -0.480 e. The predicted molar refractivity (Wildman–Crippen MR) is 96.5 cm³/mol. The predicted octanol–water partition coefficient (Wildman–Crippen LogP) is -1.17. The lowest BCUT2D eigenvalue weighted by Crippen LogP contribution is -2.45. The number of carboxylic acids is 1. The van der Waals surface area contributed by atoms with Crippen molar-refractivity contribution in [2.75, 3.05) is 20.2 Å². The number of amides is 1. The van der Waals surface area contributed by atoms with E-state index in [9.17, 15) is 19.7 Å². The molecular weight excluding hydrogens is 374 g/mol. The molecule has 5 N–H and O–H groups in total. The van der Waals surface area contributed by atoms with Crippen LogP contribution in [0.5, 0.6) is 0 Å². The van der Waals surface area contributed by atoms with Crippen molar-refractivity contribution in [1.82, 2.24) is 30.2 Å². The van der Waals surface area contributed by atoms with Gasteiger partial charge in [0.2, 0.25) is 5.91 Å². The number of aryl methyl sites for hydroxylation is 1. The van der Waals surface area contributed by atoms with Crippen LogP contribution in [0.4, 0.5) is 5.82 Å². The first-order valence-electron chi connectivity index (χ1n) is 8.21. The number of nitrogens with one attached hydrogen (secondary N) is 3. The van der Waals surface area contributed by atoms with Crippen molar-refractivity contribution in [3.8, 4) is 0 Å². The largest absolute Gasteiger partial charge is 0.480 e. The summed E-state index contributed by atoms with van der Waals surface area (Å²) in [5.41, 5.74) is 0.664. The van der Waals surface area contributed by atoms with Crippen LogP contribution >= 0.6 is 0 Å². The summed E-state index contributed by atoms with van der Waals surface area (Å²) in [6.07, 6.45) is 4.36. The van der Waals surface area contributed by atoms with Crippen molar-refractivity contribution in [2.45, 2.75) is 25.9 Å². The molecule has 0 aromatic carbocycles. The van der Waals surface area contributed by atoms with Gasteiger partial charge in [0, 0.05) is 25.2 Å². The fraction of sp³-hybridized carbons (Fsp3) is 0.467. The molecule has 0 saturated heterocycles. The van der Waals surface area contributed by atoms with Crippen LogP contribution in [0.1, 0.15) is 11.5 Å². The summed E-state index contributed by atoms with van der Waals surface area (Å²) in [6.45, 7) is 1.83. The lowest BCUT2D eigenvalue weighted by Gasteiger charge is -2.13. The Bertz CT molecular complexity index is 774. The summed E-state index contributed by atoms with van der Waals surface area (Å²) in [4.78, 5) is 42.3. The number of aromatic nitrogens is 4. The molecule has 2 aromatic heterocycles. The maximum absolute atomic E-state index is 11.2. The highest BCUT2D eigenvalue weighted by molar-refractivity contribution is 5.84. The van der Waals surface area contributed by atoms with Crippen molar-refractivity contribution in [3.63, 3.8) is 0 Å². The molecule has 0 spiro atoms. The van der Waals surface area contributed by atoms with E-state index in [1.807, 2.05) is 0 Å². The van der Waals surface area contributed by atoms with E-state index in [1.54, 1.807) is 14.0 Å². The summed E-state index contributed by atoms with van der Waals surface area (Å²) in [5.74, 6) is -0.967. The first-order valence-corrected chi connectivity index (χ1v) is 8.21. The molecule has 0 radical (unpaired) electrons. The van der Waals surface area contributed by atoms with Crippen LogP contribution < -0.4 is 10.6 Å². The monoisotopic (exact) mass is 397 g/mol. The number of H-pyrrole nitrogens is 1. The molecule has 0 aliphatic rings. The minimum absolute atomic E-state index is 0.0819. The van der Waals surface area contributed by atoms with Crippen molar-refractivity contribution in [3.05, 3.63) is 40.4 Å². The van der Waals surface area contributed by atoms with Crippen molar-refractivity contribution >= 4 is 17.7 Å². The molecule has 0 bridgehead atoms. The van der Waals surface area contributed by atoms with Gasteiger partial charge in [-0.15, -0.1) is 0 Å². The number of likely N-dealkylation sites (N-methyl/N-ethyl adjacent to an activating group) is 1. The first-order chi connectivity index (χ1) is 13.3. The van der Waals surface area contributed by atoms with Crippen molar-refractivity contribution in [1.29, 1.82) is 0 Å². The Balaban J connectivity index is 0.000000292. The fourth-order valence-corrected chi connectivity index (χ4v) is 2.20. The molecule has 0 saturated carbocycles. The van der Waals surface area contributed by atoms with Gasteiger partial charge in [0.05, 0.1) is 19.5 Å². The van der Waals surface area contributed by atoms with E-state index in [1.165, 1.54) is 23.3 Å². The van der Waals surface area contributed by atoms with E-state index in [0.29, 0.717) is 11.5 Å². The van der Waals surface area contributed by atoms with Gasteiger partial charge in [-0.1, -0.05) is 0 Å². The van der Waals surface area contributed by atoms with Crippen LogP contribution in [-0.4, -0.2) is 72.8 Å². The molecule has 2 heterocycles. The highest BCUT2D eigenvalue weighted by atomic mass is 16.6. The Morgan fingerprint density at radius 3 is 2.64 bits per heavy atom. The van der Waals surface area contributed by atoms with Gasteiger partial charge >= 0.3 is 11.8 Å². The van der Waals surface area contributed by atoms with Crippen LogP contribution in [0.25, 0.3) is 0 Å².